The largest absolute Gasteiger partial charge is 0.488 e. The summed E-state index contributed by atoms with van der Waals surface area (Å²) in [7, 11) is 0. The number of aromatic nitrogens is 1. The second kappa shape index (κ2) is 5.87. The van der Waals surface area contributed by atoms with Crippen LogP contribution in [0.2, 0.25) is 0 Å². The Morgan fingerprint density at radius 3 is 2.83 bits per heavy atom. The zero-order valence-electron chi connectivity index (χ0n) is 10.3. The molecule has 0 saturated carbocycles. The SMILES string of the molecule is CCOc1cccnc1Oc1ccc(Br)c(C)c1. The van der Waals surface area contributed by atoms with Crippen molar-refractivity contribution in [2.75, 3.05) is 6.61 Å². The van der Waals surface area contributed by atoms with E-state index in [0.29, 0.717) is 18.2 Å². The average molecular weight is 308 g/mol. The molecule has 1 aromatic heterocycles. The molecule has 2 rings (SSSR count). The average Bonchev–Trinajstić information content (AvgIpc) is 2.37. The molecule has 0 atom stereocenters. The molecule has 94 valence electrons. The van der Waals surface area contributed by atoms with Gasteiger partial charge in [0.25, 0.3) is 5.88 Å². The summed E-state index contributed by atoms with van der Waals surface area (Å²) in [6, 6.07) is 9.46. The van der Waals surface area contributed by atoms with Crippen LogP contribution in [0.15, 0.2) is 41.0 Å². The van der Waals surface area contributed by atoms with Crippen molar-refractivity contribution in [2.45, 2.75) is 13.8 Å². The second-order valence-electron chi connectivity index (χ2n) is 3.75. The molecule has 2 aromatic rings. The van der Waals surface area contributed by atoms with Crippen molar-refractivity contribution in [1.29, 1.82) is 0 Å². The molecule has 0 saturated heterocycles. The smallest absolute Gasteiger partial charge is 0.262 e. The van der Waals surface area contributed by atoms with Gasteiger partial charge in [-0.1, -0.05) is 15.9 Å². The first kappa shape index (κ1) is 12.9. The van der Waals surface area contributed by atoms with E-state index in [1.807, 2.05) is 44.2 Å². The van der Waals surface area contributed by atoms with Crippen LogP contribution in [-0.2, 0) is 0 Å². The summed E-state index contributed by atoms with van der Waals surface area (Å²) in [4.78, 5) is 4.19. The molecule has 0 fully saturated rings. The summed E-state index contributed by atoms with van der Waals surface area (Å²) >= 11 is 3.46. The number of hydrogen-bond donors (Lipinski definition) is 0. The van der Waals surface area contributed by atoms with E-state index in [-0.39, 0.29) is 0 Å². The molecule has 0 spiro atoms. The van der Waals surface area contributed by atoms with Gasteiger partial charge in [0.15, 0.2) is 5.75 Å². The van der Waals surface area contributed by atoms with E-state index in [1.54, 1.807) is 6.20 Å². The molecule has 1 aromatic carbocycles. The van der Waals surface area contributed by atoms with E-state index in [0.717, 1.165) is 15.8 Å². The Kier molecular flexibility index (Phi) is 4.20. The Bertz CT molecular complexity index is 543. The van der Waals surface area contributed by atoms with Gasteiger partial charge in [0.05, 0.1) is 6.61 Å². The maximum absolute atomic E-state index is 5.74. The Morgan fingerprint density at radius 1 is 1.28 bits per heavy atom. The molecule has 3 nitrogen and oxygen atoms in total. The molecular weight excluding hydrogens is 294 g/mol. The van der Waals surface area contributed by atoms with Crippen molar-refractivity contribution in [3.8, 4) is 17.4 Å². The number of nitrogens with zero attached hydrogens (tertiary/aromatic N) is 1. The van der Waals surface area contributed by atoms with Gasteiger partial charge < -0.3 is 9.47 Å². The summed E-state index contributed by atoms with van der Waals surface area (Å²) in [6.07, 6.45) is 1.68. The summed E-state index contributed by atoms with van der Waals surface area (Å²) in [5.41, 5.74) is 1.11. The van der Waals surface area contributed by atoms with Gasteiger partial charge in [0, 0.05) is 10.7 Å². The standard InChI is InChI=1S/C14H14BrNO2/c1-3-17-13-5-4-8-16-14(13)18-11-6-7-12(15)10(2)9-11/h4-9H,3H2,1-2H3. The topological polar surface area (TPSA) is 31.4 Å². The van der Waals surface area contributed by atoms with Crippen LogP contribution in [0, 0.1) is 6.92 Å². The van der Waals surface area contributed by atoms with Crippen LogP contribution in [0.25, 0.3) is 0 Å². The lowest BCUT2D eigenvalue weighted by atomic mass is 10.2. The number of rotatable bonds is 4. The van der Waals surface area contributed by atoms with E-state index < -0.39 is 0 Å². The van der Waals surface area contributed by atoms with Crippen molar-refractivity contribution < 1.29 is 9.47 Å². The van der Waals surface area contributed by atoms with Crippen molar-refractivity contribution in [3.63, 3.8) is 0 Å². The number of benzene rings is 1. The molecule has 0 aliphatic heterocycles. The highest BCUT2D eigenvalue weighted by molar-refractivity contribution is 9.10. The normalized spacial score (nSPS) is 10.2. The minimum atomic E-state index is 0.487. The van der Waals surface area contributed by atoms with Crippen molar-refractivity contribution >= 4 is 15.9 Å². The quantitative estimate of drug-likeness (QED) is 0.842. The van der Waals surface area contributed by atoms with Crippen molar-refractivity contribution in [3.05, 3.63) is 46.6 Å². The molecule has 0 aliphatic carbocycles. The molecule has 18 heavy (non-hydrogen) atoms. The predicted octanol–water partition coefficient (Wildman–Crippen LogP) is 4.34. The summed E-state index contributed by atoms with van der Waals surface area (Å²) < 4.78 is 12.3. The van der Waals surface area contributed by atoms with Gasteiger partial charge >= 0.3 is 0 Å². The minimum Gasteiger partial charge on any atom is -0.488 e. The molecule has 0 amide bonds. The lowest BCUT2D eigenvalue weighted by Gasteiger charge is -2.10. The fraction of sp³-hybridized carbons (Fsp3) is 0.214. The number of pyridine rings is 1. The third-order valence-electron chi connectivity index (χ3n) is 2.38. The molecule has 0 bridgehead atoms. The predicted molar refractivity (Wildman–Crippen MR) is 74.4 cm³/mol. The van der Waals surface area contributed by atoms with Gasteiger partial charge in [-0.3, -0.25) is 0 Å². The van der Waals surface area contributed by atoms with Gasteiger partial charge in [-0.05, 0) is 49.7 Å². The van der Waals surface area contributed by atoms with Crippen LogP contribution in [0.5, 0.6) is 17.4 Å². The lowest BCUT2D eigenvalue weighted by Crippen LogP contribution is -1.96. The van der Waals surface area contributed by atoms with E-state index in [2.05, 4.69) is 20.9 Å². The van der Waals surface area contributed by atoms with E-state index in [1.165, 1.54) is 0 Å². The van der Waals surface area contributed by atoms with Crippen LogP contribution >= 0.6 is 15.9 Å². The monoisotopic (exact) mass is 307 g/mol. The van der Waals surface area contributed by atoms with Crippen molar-refractivity contribution in [2.24, 2.45) is 0 Å². The number of ether oxygens (including phenoxy) is 2. The van der Waals surface area contributed by atoms with Gasteiger partial charge in [-0.2, -0.15) is 0 Å². The van der Waals surface area contributed by atoms with Gasteiger partial charge in [0.1, 0.15) is 5.75 Å². The zero-order chi connectivity index (χ0) is 13.0. The van der Waals surface area contributed by atoms with Gasteiger partial charge in [0.2, 0.25) is 0 Å². The van der Waals surface area contributed by atoms with Crippen LogP contribution in [0.1, 0.15) is 12.5 Å². The van der Waals surface area contributed by atoms with Crippen LogP contribution in [0.4, 0.5) is 0 Å². The molecule has 0 radical (unpaired) electrons. The maximum atomic E-state index is 5.74. The summed E-state index contributed by atoms with van der Waals surface area (Å²) in [5.74, 6) is 1.89. The van der Waals surface area contributed by atoms with E-state index in [4.69, 9.17) is 9.47 Å². The third kappa shape index (κ3) is 3.01. The first-order chi connectivity index (χ1) is 8.70. The van der Waals surface area contributed by atoms with Crippen LogP contribution in [-0.4, -0.2) is 11.6 Å². The Hall–Kier alpha value is -1.55. The molecule has 0 unspecified atom stereocenters. The first-order valence-electron chi connectivity index (χ1n) is 5.72. The first-order valence-corrected chi connectivity index (χ1v) is 6.52. The zero-order valence-corrected chi connectivity index (χ0v) is 11.9. The molecule has 4 heteroatoms. The Labute approximate surface area is 115 Å². The number of hydrogen-bond acceptors (Lipinski definition) is 3. The number of halogens is 1. The number of aryl methyl sites for hydroxylation is 1. The lowest BCUT2D eigenvalue weighted by molar-refractivity contribution is 0.316. The summed E-state index contributed by atoms with van der Waals surface area (Å²) in [6.45, 7) is 4.53. The highest BCUT2D eigenvalue weighted by Gasteiger charge is 2.07. The minimum absolute atomic E-state index is 0.487. The maximum Gasteiger partial charge on any atom is 0.262 e. The van der Waals surface area contributed by atoms with Crippen LogP contribution < -0.4 is 9.47 Å². The molecular formula is C14H14BrNO2. The molecule has 1 heterocycles. The van der Waals surface area contributed by atoms with E-state index in [9.17, 15) is 0 Å². The van der Waals surface area contributed by atoms with Crippen LogP contribution in [0.3, 0.4) is 0 Å². The van der Waals surface area contributed by atoms with E-state index >= 15 is 0 Å². The molecule has 0 N–H and O–H groups in total. The summed E-state index contributed by atoms with van der Waals surface area (Å²) in [5, 5.41) is 0. The van der Waals surface area contributed by atoms with Gasteiger partial charge in [-0.25, -0.2) is 4.98 Å². The highest BCUT2D eigenvalue weighted by Crippen LogP contribution is 2.30. The highest BCUT2D eigenvalue weighted by atomic mass is 79.9. The Morgan fingerprint density at radius 2 is 2.11 bits per heavy atom. The molecule has 0 aliphatic rings. The Balaban J connectivity index is 2.25. The fourth-order valence-electron chi connectivity index (χ4n) is 1.51. The second-order valence-corrected chi connectivity index (χ2v) is 4.61. The van der Waals surface area contributed by atoms with Crippen molar-refractivity contribution in [1.82, 2.24) is 4.98 Å². The fourth-order valence-corrected chi connectivity index (χ4v) is 1.76. The van der Waals surface area contributed by atoms with Gasteiger partial charge in [-0.15, -0.1) is 0 Å². The third-order valence-corrected chi connectivity index (χ3v) is 3.27.